The van der Waals surface area contributed by atoms with Gasteiger partial charge in [-0.1, -0.05) is 13.8 Å². The van der Waals surface area contributed by atoms with Gasteiger partial charge in [0.1, 0.15) is 5.75 Å². The van der Waals surface area contributed by atoms with Gasteiger partial charge in [0.05, 0.1) is 18.7 Å². The van der Waals surface area contributed by atoms with Crippen LogP contribution in [0.15, 0.2) is 18.2 Å². The molecular formula is C20H28N2O5. The summed E-state index contributed by atoms with van der Waals surface area (Å²) in [5.74, 6) is -0.0717. The molecular weight excluding hydrogens is 348 g/mol. The molecule has 0 aliphatic carbocycles. The average Bonchev–Trinajstić information content (AvgIpc) is 2.68. The maximum atomic E-state index is 12.4. The number of carbonyl (C=O) groups is 3. The largest absolute Gasteiger partial charge is 0.482 e. The van der Waals surface area contributed by atoms with Crippen molar-refractivity contribution < 1.29 is 23.9 Å². The number of carbonyl (C=O) groups excluding carboxylic acids is 3. The van der Waals surface area contributed by atoms with E-state index in [1.165, 1.54) is 0 Å². The Kier molecular flexibility index (Phi) is 7.79. The van der Waals surface area contributed by atoms with E-state index in [0.717, 1.165) is 19.6 Å². The van der Waals surface area contributed by atoms with Gasteiger partial charge in [-0.15, -0.1) is 0 Å². The Bertz CT molecular complexity index is 685. The number of nitrogens with zero attached hydrogens (tertiary/aromatic N) is 2. The van der Waals surface area contributed by atoms with Crippen LogP contribution in [-0.4, -0.2) is 62.0 Å². The van der Waals surface area contributed by atoms with Crippen molar-refractivity contribution in [3.63, 3.8) is 0 Å². The first-order valence-electron chi connectivity index (χ1n) is 9.48. The standard InChI is InChI=1S/C20H28N2O5/c1-4-21(5-2)11-12-22-16-13-15(7-9-18(16)27-14-19(22)24)17(23)8-10-20(25)26-6-3/h7,9,13H,4-6,8,10-12,14H2,1-3H3. The fourth-order valence-corrected chi connectivity index (χ4v) is 3.00. The summed E-state index contributed by atoms with van der Waals surface area (Å²) < 4.78 is 10.4. The van der Waals surface area contributed by atoms with Gasteiger partial charge in [-0.05, 0) is 38.2 Å². The second-order valence-electron chi connectivity index (χ2n) is 6.27. The number of hydrogen-bond donors (Lipinski definition) is 0. The number of rotatable bonds is 10. The molecule has 0 atom stereocenters. The summed E-state index contributed by atoms with van der Waals surface area (Å²) >= 11 is 0. The van der Waals surface area contributed by atoms with Gasteiger partial charge in [0, 0.05) is 25.1 Å². The lowest BCUT2D eigenvalue weighted by Gasteiger charge is -2.31. The van der Waals surface area contributed by atoms with Crippen LogP contribution in [0.2, 0.25) is 0 Å². The van der Waals surface area contributed by atoms with Gasteiger partial charge in [-0.3, -0.25) is 14.4 Å². The number of Topliss-reactive ketones (excluding diaryl/α,β-unsaturated/α-hetero) is 1. The third-order valence-electron chi connectivity index (χ3n) is 4.62. The lowest BCUT2D eigenvalue weighted by Crippen LogP contribution is -2.43. The maximum absolute atomic E-state index is 12.4. The summed E-state index contributed by atoms with van der Waals surface area (Å²) in [5.41, 5.74) is 1.07. The van der Waals surface area contributed by atoms with Crippen LogP contribution in [0.1, 0.15) is 44.0 Å². The van der Waals surface area contributed by atoms with Crippen LogP contribution in [-0.2, 0) is 14.3 Å². The average molecular weight is 376 g/mol. The number of amides is 1. The smallest absolute Gasteiger partial charge is 0.306 e. The highest BCUT2D eigenvalue weighted by molar-refractivity contribution is 6.02. The fraction of sp³-hybridized carbons (Fsp3) is 0.550. The van der Waals surface area contributed by atoms with Crippen LogP contribution in [0, 0.1) is 0 Å². The first kappa shape index (κ1) is 20.9. The Labute approximate surface area is 160 Å². The van der Waals surface area contributed by atoms with Crippen LogP contribution in [0.5, 0.6) is 5.75 Å². The Morgan fingerprint density at radius 1 is 1.19 bits per heavy atom. The molecule has 0 bridgehead atoms. The van der Waals surface area contributed by atoms with E-state index < -0.39 is 0 Å². The van der Waals surface area contributed by atoms with Gasteiger partial charge in [-0.2, -0.15) is 0 Å². The van der Waals surface area contributed by atoms with Crippen LogP contribution >= 0.6 is 0 Å². The second kappa shape index (κ2) is 10.1. The number of ketones is 1. The van der Waals surface area contributed by atoms with E-state index >= 15 is 0 Å². The predicted molar refractivity (Wildman–Crippen MR) is 102 cm³/mol. The molecule has 2 rings (SSSR count). The van der Waals surface area contributed by atoms with E-state index in [1.807, 2.05) is 0 Å². The highest BCUT2D eigenvalue weighted by Crippen LogP contribution is 2.33. The van der Waals surface area contributed by atoms with Gasteiger partial charge >= 0.3 is 5.97 Å². The van der Waals surface area contributed by atoms with Crippen LogP contribution in [0.3, 0.4) is 0 Å². The predicted octanol–water partition coefficient (Wildman–Crippen LogP) is 2.28. The zero-order valence-electron chi connectivity index (χ0n) is 16.3. The summed E-state index contributed by atoms with van der Waals surface area (Å²) in [4.78, 5) is 40.1. The summed E-state index contributed by atoms with van der Waals surface area (Å²) in [6.07, 6.45) is 0.122. The summed E-state index contributed by atoms with van der Waals surface area (Å²) in [6, 6.07) is 5.07. The molecule has 0 spiro atoms. The number of fused-ring (bicyclic) bond motifs is 1. The first-order valence-corrected chi connectivity index (χ1v) is 9.48. The molecule has 1 aromatic carbocycles. The normalized spacial score (nSPS) is 13.3. The Morgan fingerprint density at radius 2 is 1.93 bits per heavy atom. The number of ether oxygens (including phenoxy) is 2. The second-order valence-corrected chi connectivity index (χ2v) is 6.27. The van der Waals surface area contributed by atoms with Crippen LogP contribution in [0.25, 0.3) is 0 Å². The van der Waals surface area contributed by atoms with Crippen molar-refractivity contribution in [3.05, 3.63) is 23.8 Å². The lowest BCUT2D eigenvalue weighted by molar-refractivity contribution is -0.143. The molecule has 0 radical (unpaired) electrons. The van der Waals surface area contributed by atoms with Gasteiger partial charge in [0.25, 0.3) is 5.91 Å². The molecule has 1 heterocycles. The molecule has 1 aromatic rings. The van der Waals surface area contributed by atoms with E-state index in [9.17, 15) is 14.4 Å². The van der Waals surface area contributed by atoms with Gasteiger partial charge in [-0.25, -0.2) is 0 Å². The number of anilines is 1. The van der Waals surface area contributed by atoms with E-state index in [-0.39, 0.29) is 37.1 Å². The zero-order chi connectivity index (χ0) is 19.8. The van der Waals surface area contributed by atoms with Crippen molar-refractivity contribution in [3.8, 4) is 5.75 Å². The van der Waals surface area contributed by atoms with Crippen LogP contribution < -0.4 is 9.64 Å². The molecule has 0 N–H and O–H groups in total. The Balaban J connectivity index is 2.12. The molecule has 7 nitrogen and oxygen atoms in total. The Hall–Kier alpha value is -2.41. The monoisotopic (exact) mass is 376 g/mol. The molecule has 0 unspecified atom stereocenters. The van der Waals surface area contributed by atoms with Gasteiger partial charge in [0.15, 0.2) is 12.4 Å². The number of benzene rings is 1. The Morgan fingerprint density at radius 3 is 2.59 bits per heavy atom. The molecule has 0 saturated heterocycles. The first-order chi connectivity index (χ1) is 13.0. The van der Waals surface area contributed by atoms with Crippen molar-refractivity contribution in [2.24, 2.45) is 0 Å². The van der Waals surface area contributed by atoms with E-state index in [4.69, 9.17) is 9.47 Å². The number of esters is 1. The zero-order valence-corrected chi connectivity index (χ0v) is 16.3. The quantitative estimate of drug-likeness (QED) is 0.461. The van der Waals surface area contributed by atoms with E-state index in [0.29, 0.717) is 30.2 Å². The summed E-state index contributed by atoms with van der Waals surface area (Å²) in [7, 11) is 0. The highest BCUT2D eigenvalue weighted by atomic mass is 16.5. The third-order valence-corrected chi connectivity index (χ3v) is 4.62. The molecule has 0 fully saturated rings. The lowest BCUT2D eigenvalue weighted by atomic mass is 10.0. The van der Waals surface area contributed by atoms with E-state index in [1.54, 1.807) is 30.0 Å². The van der Waals surface area contributed by atoms with Crippen molar-refractivity contribution in [1.29, 1.82) is 0 Å². The highest BCUT2D eigenvalue weighted by Gasteiger charge is 2.26. The molecule has 0 aromatic heterocycles. The molecule has 0 saturated carbocycles. The number of likely N-dealkylation sites (N-methyl/N-ethyl adjacent to an activating group) is 1. The molecule has 1 amide bonds. The molecule has 1 aliphatic heterocycles. The van der Waals surface area contributed by atoms with Gasteiger partial charge < -0.3 is 19.3 Å². The fourth-order valence-electron chi connectivity index (χ4n) is 3.00. The van der Waals surface area contributed by atoms with Crippen LogP contribution in [0.4, 0.5) is 5.69 Å². The SMILES string of the molecule is CCOC(=O)CCC(=O)c1ccc2c(c1)N(CCN(CC)CC)C(=O)CO2. The third kappa shape index (κ3) is 5.53. The summed E-state index contributed by atoms with van der Waals surface area (Å²) in [5, 5.41) is 0. The molecule has 148 valence electrons. The van der Waals surface area contributed by atoms with Crippen molar-refractivity contribution in [2.45, 2.75) is 33.6 Å². The summed E-state index contributed by atoms with van der Waals surface area (Å²) in [6.45, 7) is 9.30. The molecule has 27 heavy (non-hydrogen) atoms. The molecule has 7 heteroatoms. The van der Waals surface area contributed by atoms with Gasteiger partial charge in [0.2, 0.25) is 0 Å². The maximum Gasteiger partial charge on any atom is 0.306 e. The number of hydrogen-bond acceptors (Lipinski definition) is 6. The van der Waals surface area contributed by atoms with Crippen molar-refractivity contribution in [2.75, 3.05) is 44.3 Å². The minimum Gasteiger partial charge on any atom is -0.482 e. The topological polar surface area (TPSA) is 76.2 Å². The molecule has 1 aliphatic rings. The minimum atomic E-state index is -0.386. The van der Waals surface area contributed by atoms with E-state index in [2.05, 4.69) is 18.7 Å². The minimum absolute atomic E-state index is 0.00139. The van der Waals surface area contributed by atoms with Crippen molar-refractivity contribution in [1.82, 2.24) is 4.90 Å². The van der Waals surface area contributed by atoms with Crippen molar-refractivity contribution >= 4 is 23.3 Å².